The van der Waals surface area contributed by atoms with Gasteiger partial charge in [0.05, 0.1) is 15.8 Å². The van der Waals surface area contributed by atoms with Gasteiger partial charge < -0.3 is 10.4 Å². The highest BCUT2D eigenvalue weighted by Gasteiger charge is 2.22. The summed E-state index contributed by atoms with van der Waals surface area (Å²) in [5.41, 5.74) is 0.290. The lowest BCUT2D eigenvalue weighted by Gasteiger charge is -2.25. The monoisotopic (exact) mass is 251 g/mol. The lowest BCUT2D eigenvalue weighted by Crippen LogP contribution is -2.35. The molecular formula is C12H17N3OS. The van der Waals surface area contributed by atoms with Crippen LogP contribution in [0.5, 0.6) is 0 Å². The Balaban J connectivity index is 2.16. The largest absolute Gasteiger partial charge is 0.388 e. The van der Waals surface area contributed by atoms with Crippen LogP contribution in [0.25, 0.3) is 10.2 Å². The molecule has 0 spiro atoms. The number of nitrogens with zero attached hydrogens (tertiary/aromatic N) is 2. The molecule has 2 aromatic heterocycles. The molecule has 4 nitrogen and oxygen atoms in total. The Labute approximate surface area is 105 Å². The number of hydrogen-bond acceptors (Lipinski definition) is 5. The third kappa shape index (κ3) is 2.56. The van der Waals surface area contributed by atoms with E-state index in [1.165, 1.54) is 0 Å². The van der Waals surface area contributed by atoms with E-state index in [2.05, 4.69) is 15.3 Å². The van der Waals surface area contributed by atoms with Gasteiger partial charge >= 0.3 is 0 Å². The van der Waals surface area contributed by atoms with Crippen molar-refractivity contribution in [3.63, 3.8) is 0 Å². The molecule has 0 aromatic carbocycles. The molecule has 0 amide bonds. The number of aromatic nitrogens is 2. The lowest BCUT2D eigenvalue weighted by molar-refractivity contribution is 0.0456. The number of hydrogen-bond donors (Lipinski definition) is 2. The van der Waals surface area contributed by atoms with Crippen molar-refractivity contribution in [3.05, 3.63) is 17.8 Å². The zero-order valence-electron chi connectivity index (χ0n) is 10.1. The average molecular weight is 251 g/mol. The van der Waals surface area contributed by atoms with E-state index in [-0.39, 0.29) is 0 Å². The highest BCUT2D eigenvalue weighted by molar-refractivity contribution is 7.17. The molecule has 0 aliphatic rings. The first kappa shape index (κ1) is 12.3. The quantitative estimate of drug-likeness (QED) is 0.857. The molecule has 0 bridgehead atoms. The van der Waals surface area contributed by atoms with E-state index >= 15 is 0 Å². The molecule has 2 N–H and O–H groups in total. The molecule has 2 heterocycles. The third-order valence-corrected chi connectivity index (χ3v) is 4.05. The fraction of sp³-hybridized carbons (Fsp3) is 0.500. The minimum absolute atomic E-state index is 0.518. The summed E-state index contributed by atoms with van der Waals surface area (Å²) in [6.07, 6.45) is 3.01. The number of aliphatic hydroxyl groups is 1. The Morgan fingerprint density at radius 2 is 2.12 bits per heavy atom. The first-order chi connectivity index (χ1) is 8.18. The number of rotatable bonds is 5. The van der Waals surface area contributed by atoms with Gasteiger partial charge in [-0.25, -0.2) is 9.97 Å². The molecule has 0 saturated carbocycles. The van der Waals surface area contributed by atoms with Gasteiger partial charge in [-0.15, -0.1) is 11.3 Å². The molecule has 0 saturated heterocycles. The van der Waals surface area contributed by atoms with Crippen molar-refractivity contribution in [2.45, 2.75) is 32.3 Å². The maximum absolute atomic E-state index is 10.2. The second-order valence-electron chi connectivity index (χ2n) is 4.14. The van der Waals surface area contributed by atoms with Gasteiger partial charge in [-0.05, 0) is 24.3 Å². The van der Waals surface area contributed by atoms with Gasteiger partial charge in [0, 0.05) is 6.54 Å². The van der Waals surface area contributed by atoms with Crippen LogP contribution in [-0.4, -0.2) is 27.2 Å². The van der Waals surface area contributed by atoms with E-state index in [0.29, 0.717) is 6.54 Å². The lowest BCUT2D eigenvalue weighted by atomic mass is 9.98. The molecule has 0 radical (unpaired) electrons. The highest BCUT2D eigenvalue weighted by atomic mass is 32.1. The van der Waals surface area contributed by atoms with Gasteiger partial charge in [0.25, 0.3) is 0 Å². The van der Waals surface area contributed by atoms with E-state index in [1.54, 1.807) is 17.7 Å². The zero-order chi connectivity index (χ0) is 12.3. The van der Waals surface area contributed by atoms with Crippen LogP contribution in [0, 0.1) is 0 Å². The predicted molar refractivity (Wildman–Crippen MR) is 71.4 cm³/mol. The van der Waals surface area contributed by atoms with Crippen molar-refractivity contribution >= 4 is 27.4 Å². The van der Waals surface area contributed by atoms with E-state index in [4.69, 9.17) is 0 Å². The van der Waals surface area contributed by atoms with Crippen molar-refractivity contribution in [1.29, 1.82) is 0 Å². The van der Waals surface area contributed by atoms with Gasteiger partial charge in [-0.1, -0.05) is 13.8 Å². The summed E-state index contributed by atoms with van der Waals surface area (Å²) in [7, 11) is 0. The van der Waals surface area contributed by atoms with Crippen molar-refractivity contribution in [1.82, 2.24) is 9.97 Å². The second-order valence-corrected chi connectivity index (χ2v) is 5.06. The van der Waals surface area contributed by atoms with E-state index in [1.807, 2.05) is 25.3 Å². The average Bonchev–Trinajstić information content (AvgIpc) is 2.84. The van der Waals surface area contributed by atoms with Crippen LogP contribution >= 0.6 is 11.3 Å². The Bertz CT molecular complexity index is 493. The van der Waals surface area contributed by atoms with Gasteiger partial charge in [0.2, 0.25) is 0 Å². The Morgan fingerprint density at radius 3 is 2.82 bits per heavy atom. The predicted octanol–water partition coefficient (Wildman–Crippen LogP) is 2.65. The third-order valence-electron chi connectivity index (χ3n) is 3.14. The first-order valence-electron chi connectivity index (χ1n) is 5.83. The Morgan fingerprint density at radius 1 is 1.35 bits per heavy atom. The van der Waals surface area contributed by atoms with Crippen LogP contribution in [-0.2, 0) is 0 Å². The number of fused-ring (bicyclic) bond motifs is 1. The first-order valence-corrected chi connectivity index (χ1v) is 6.71. The molecule has 0 unspecified atom stereocenters. The van der Waals surface area contributed by atoms with Gasteiger partial charge in [0.15, 0.2) is 0 Å². The molecule has 0 fully saturated rings. The van der Waals surface area contributed by atoms with Crippen LogP contribution in [0.2, 0.25) is 0 Å². The van der Waals surface area contributed by atoms with E-state index in [9.17, 15) is 5.11 Å². The van der Waals surface area contributed by atoms with Gasteiger partial charge in [-0.3, -0.25) is 0 Å². The Hall–Kier alpha value is -1.20. The molecule has 0 aliphatic heterocycles. The SMILES string of the molecule is CCC(O)(CC)CNc1ncnc2ccsc12. The molecule has 2 rings (SSSR count). The van der Waals surface area contributed by atoms with Crippen molar-refractivity contribution in [2.24, 2.45) is 0 Å². The minimum atomic E-state index is -0.658. The van der Waals surface area contributed by atoms with Gasteiger partial charge in [0.1, 0.15) is 12.1 Å². The number of nitrogens with one attached hydrogen (secondary N) is 1. The van der Waals surface area contributed by atoms with E-state index < -0.39 is 5.60 Å². The summed E-state index contributed by atoms with van der Waals surface area (Å²) < 4.78 is 1.04. The summed E-state index contributed by atoms with van der Waals surface area (Å²) in [5.74, 6) is 0.810. The molecule has 5 heteroatoms. The van der Waals surface area contributed by atoms with Crippen LogP contribution < -0.4 is 5.32 Å². The Kier molecular flexibility index (Phi) is 3.59. The smallest absolute Gasteiger partial charge is 0.147 e. The standard InChI is InChI=1S/C12H17N3OS/c1-3-12(16,4-2)7-13-11-10-9(5-6-17-10)14-8-15-11/h5-6,8,16H,3-4,7H2,1-2H3,(H,13,14,15). The molecule has 0 aliphatic carbocycles. The summed E-state index contributed by atoms with van der Waals surface area (Å²) in [6.45, 7) is 4.50. The molecular weight excluding hydrogens is 234 g/mol. The van der Waals surface area contributed by atoms with Crippen molar-refractivity contribution in [3.8, 4) is 0 Å². The van der Waals surface area contributed by atoms with Gasteiger partial charge in [-0.2, -0.15) is 0 Å². The number of anilines is 1. The van der Waals surface area contributed by atoms with Crippen LogP contribution in [0.1, 0.15) is 26.7 Å². The van der Waals surface area contributed by atoms with Crippen LogP contribution in [0.3, 0.4) is 0 Å². The number of thiophene rings is 1. The summed E-state index contributed by atoms with van der Waals surface area (Å²) in [4.78, 5) is 8.41. The minimum Gasteiger partial charge on any atom is -0.388 e. The van der Waals surface area contributed by atoms with Crippen molar-refractivity contribution < 1.29 is 5.11 Å². The molecule has 92 valence electrons. The fourth-order valence-electron chi connectivity index (χ4n) is 1.66. The maximum Gasteiger partial charge on any atom is 0.147 e. The van der Waals surface area contributed by atoms with Crippen LogP contribution in [0.4, 0.5) is 5.82 Å². The van der Waals surface area contributed by atoms with Crippen LogP contribution in [0.15, 0.2) is 17.8 Å². The van der Waals surface area contributed by atoms with E-state index in [0.717, 1.165) is 28.9 Å². The summed E-state index contributed by atoms with van der Waals surface area (Å²) in [6, 6.07) is 1.97. The zero-order valence-corrected chi connectivity index (χ0v) is 10.9. The maximum atomic E-state index is 10.2. The molecule has 17 heavy (non-hydrogen) atoms. The second kappa shape index (κ2) is 4.98. The highest BCUT2D eigenvalue weighted by Crippen LogP contribution is 2.25. The fourth-order valence-corrected chi connectivity index (χ4v) is 2.47. The topological polar surface area (TPSA) is 58.0 Å². The molecule has 2 aromatic rings. The van der Waals surface area contributed by atoms with Crippen molar-refractivity contribution in [2.75, 3.05) is 11.9 Å². The summed E-state index contributed by atoms with van der Waals surface area (Å²) >= 11 is 1.61. The molecule has 0 atom stereocenters. The normalized spacial score (nSPS) is 11.9. The summed E-state index contributed by atoms with van der Waals surface area (Å²) in [5, 5.41) is 15.4.